The second-order valence-electron chi connectivity index (χ2n) is 4.75. The molecule has 0 amide bonds. The van der Waals surface area contributed by atoms with Crippen LogP contribution in [-0.2, 0) is 6.54 Å². The number of imidazole rings is 1. The average Bonchev–Trinajstić information content (AvgIpc) is 3.02. The van der Waals surface area contributed by atoms with Crippen LogP contribution in [0.5, 0.6) is 0 Å². The van der Waals surface area contributed by atoms with Crippen molar-refractivity contribution in [2.45, 2.75) is 6.54 Å². The number of benzene rings is 1. The monoisotopic (exact) mass is 352 g/mol. The van der Waals surface area contributed by atoms with Gasteiger partial charge in [-0.05, 0) is 17.7 Å². The highest BCUT2D eigenvalue weighted by Crippen LogP contribution is 2.23. The van der Waals surface area contributed by atoms with E-state index in [9.17, 15) is 0 Å². The largest absolute Gasteiger partial charge is 0.395 e. The van der Waals surface area contributed by atoms with E-state index in [0.29, 0.717) is 46.1 Å². The lowest BCUT2D eigenvalue weighted by Crippen LogP contribution is -2.10. The predicted molar refractivity (Wildman–Crippen MR) is 91.0 cm³/mol. The smallest absolute Gasteiger partial charge is 0.227 e. The zero-order valence-corrected chi connectivity index (χ0v) is 13.5. The molecular weight excluding hydrogens is 339 g/mol. The Morgan fingerprint density at radius 1 is 1.13 bits per heavy atom. The number of nitrogens with zero attached hydrogens (tertiary/aromatic N) is 3. The number of halogens is 2. The van der Waals surface area contributed by atoms with Crippen LogP contribution in [-0.4, -0.2) is 38.2 Å². The Kier molecular flexibility index (Phi) is 4.80. The number of hydrogen-bond acceptors (Lipinski definition) is 6. The average molecular weight is 353 g/mol. The molecule has 0 unspecified atom stereocenters. The van der Waals surface area contributed by atoms with Gasteiger partial charge in [-0.1, -0.05) is 29.3 Å². The van der Waals surface area contributed by atoms with Crippen LogP contribution in [0, 0.1) is 0 Å². The third-order valence-corrected chi connectivity index (χ3v) is 3.86. The highest BCUT2D eigenvalue weighted by atomic mass is 35.5. The van der Waals surface area contributed by atoms with Crippen molar-refractivity contribution in [3.63, 3.8) is 0 Å². The van der Waals surface area contributed by atoms with Crippen molar-refractivity contribution in [3.8, 4) is 0 Å². The van der Waals surface area contributed by atoms with Gasteiger partial charge in [-0.3, -0.25) is 0 Å². The molecule has 2 aromatic heterocycles. The summed E-state index contributed by atoms with van der Waals surface area (Å²) in [6.07, 6.45) is 1.55. The molecule has 120 valence electrons. The molecule has 0 saturated carbocycles. The van der Waals surface area contributed by atoms with Crippen molar-refractivity contribution in [1.82, 2.24) is 19.9 Å². The number of anilines is 2. The second-order valence-corrected chi connectivity index (χ2v) is 5.56. The van der Waals surface area contributed by atoms with Crippen LogP contribution >= 0.6 is 23.2 Å². The fraction of sp³-hybridized carbons (Fsp3) is 0.214. The summed E-state index contributed by atoms with van der Waals surface area (Å²) >= 11 is 11.9. The summed E-state index contributed by atoms with van der Waals surface area (Å²) in [6, 6.07) is 5.40. The normalized spacial score (nSPS) is 10.9. The predicted octanol–water partition coefficient (Wildman–Crippen LogP) is 2.68. The first-order valence-electron chi connectivity index (χ1n) is 6.91. The molecule has 0 atom stereocenters. The van der Waals surface area contributed by atoms with Gasteiger partial charge in [-0.2, -0.15) is 9.97 Å². The summed E-state index contributed by atoms with van der Waals surface area (Å²) in [7, 11) is 0. The highest BCUT2D eigenvalue weighted by Gasteiger charge is 2.09. The zero-order valence-electron chi connectivity index (χ0n) is 12.0. The minimum atomic E-state index is 0.00562. The first kappa shape index (κ1) is 15.8. The molecule has 0 fully saturated rings. The summed E-state index contributed by atoms with van der Waals surface area (Å²) in [5.74, 6) is 1.01. The summed E-state index contributed by atoms with van der Waals surface area (Å²) in [5.41, 5.74) is 2.19. The van der Waals surface area contributed by atoms with Crippen LogP contribution in [0.25, 0.3) is 11.2 Å². The first-order chi connectivity index (χ1) is 11.2. The van der Waals surface area contributed by atoms with Crippen LogP contribution in [0.15, 0.2) is 24.5 Å². The van der Waals surface area contributed by atoms with Crippen LogP contribution in [0.2, 0.25) is 10.0 Å². The minimum absolute atomic E-state index is 0.00562. The molecule has 0 bridgehead atoms. The van der Waals surface area contributed by atoms with Gasteiger partial charge in [0.15, 0.2) is 11.5 Å². The van der Waals surface area contributed by atoms with Crippen molar-refractivity contribution >= 4 is 46.1 Å². The van der Waals surface area contributed by atoms with E-state index in [1.165, 1.54) is 0 Å². The number of aromatic nitrogens is 4. The highest BCUT2D eigenvalue weighted by molar-refractivity contribution is 6.42. The lowest BCUT2D eigenvalue weighted by Gasteiger charge is -2.09. The van der Waals surface area contributed by atoms with Gasteiger partial charge in [0.2, 0.25) is 5.95 Å². The number of hydrogen-bond donors (Lipinski definition) is 4. The number of H-pyrrole nitrogens is 1. The fourth-order valence-corrected chi connectivity index (χ4v) is 2.37. The molecule has 0 aliphatic rings. The zero-order chi connectivity index (χ0) is 16.2. The van der Waals surface area contributed by atoms with E-state index in [1.54, 1.807) is 18.5 Å². The molecule has 0 saturated heterocycles. The summed E-state index contributed by atoms with van der Waals surface area (Å²) in [5, 5.41) is 16.1. The summed E-state index contributed by atoms with van der Waals surface area (Å²) < 4.78 is 0. The van der Waals surface area contributed by atoms with Gasteiger partial charge in [-0.25, -0.2) is 4.98 Å². The molecule has 0 aliphatic carbocycles. The first-order valence-corrected chi connectivity index (χ1v) is 7.66. The number of aromatic amines is 1. The Morgan fingerprint density at radius 3 is 2.78 bits per heavy atom. The molecule has 2 heterocycles. The van der Waals surface area contributed by atoms with Gasteiger partial charge < -0.3 is 20.7 Å². The third kappa shape index (κ3) is 3.64. The standard InChI is InChI=1S/C14H14Cl2N6O/c15-9-2-1-8(5-10(9)16)6-18-14-21-12(17-3-4-23)11-13(22-14)20-7-19-11/h1-2,5,7,23H,3-4,6H2,(H3,17,18,19,20,21,22). The van der Waals surface area contributed by atoms with Gasteiger partial charge in [0.1, 0.15) is 5.52 Å². The lowest BCUT2D eigenvalue weighted by atomic mass is 10.2. The molecule has 0 spiro atoms. The van der Waals surface area contributed by atoms with E-state index in [-0.39, 0.29) is 6.61 Å². The van der Waals surface area contributed by atoms with Gasteiger partial charge in [0, 0.05) is 13.1 Å². The Balaban J connectivity index is 1.80. The Hall–Kier alpha value is -2.09. The molecule has 1 aromatic carbocycles. The molecular formula is C14H14Cl2N6O. The maximum Gasteiger partial charge on any atom is 0.227 e. The van der Waals surface area contributed by atoms with Gasteiger partial charge >= 0.3 is 0 Å². The molecule has 3 rings (SSSR count). The van der Waals surface area contributed by atoms with Crippen LogP contribution in [0.4, 0.5) is 11.8 Å². The number of fused-ring (bicyclic) bond motifs is 1. The fourth-order valence-electron chi connectivity index (χ4n) is 2.05. The molecule has 9 heteroatoms. The van der Waals surface area contributed by atoms with Crippen molar-refractivity contribution in [2.24, 2.45) is 0 Å². The van der Waals surface area contributed by atoms with E-state index in [1.807, 2.05) is 6.07 Å². The maximum atomic E-state index is 8.95. The molecule has 7 nitrogen and oxygen atoms in total. The molecule has 23 heavy (non-hydrogen) atoms. The van der Waals surface area contributed by atoms with Gasteiger partial charge in [0.05, 0.1) is 23.0 Å². The summed E-state index contributed by atoms with van der Waals surface area (Å²) in [6.45, 7) is 0.884. The number of aliphatic hydroxyl groups excluding tert-OH is 1. The maximum absolute atomic E-state index is 8.95. The lowest BCUT2D eigenvalue weighted by molar-refractivity contribution is 0.311. The Labute approximate surface area is 142 Å². The van der Waals surface area contributed by atoms with Crippen LogP contribution < -0.4 is 10.6 Å². The molecule has 4 N–H and O–H groups in total. The third-order valence-electron chi connectivity index (χ3n) is 3.12. The van der Waals surface area contributed by atoms with Crippen LogP contribution in [0.3, 0.4) is 0 Å². The number of rotatable bonds is 6. The SMILES string of the molecule is OCCNc1nc(NCc2ccc(Cl)c(Cl)c2)nc2nc[nH]c12. The molecule has 0 radical (unpaired) electrons. The second kappa shape index (κ2) is 6.99. The van der Waals surface area contributed by atoms with Crippen molar-refractivity contribution < 1.29 is 5.11 Å². The Bertz CT molecular complexity index is 822. The van der Waals surface area contributed by atoms with E-state index in [2.05, 4.69) is 30.6 Å². The number of nitrogens with one attached hydrogen (secondary N) is 3. The van der Waals surface area contributed by atoms with Crippen molar-refractivity contribution in [3.05, 3.63) is 40.1 Å². The molecule has 3 aromatic rings. The van der Waals surface area contributed by atoms with Gasteiger partial charge in [-0.15, -0.1) is 0 Å². The topological polar surface area (TPSA) is 98.8 Å². The number of aliphatic hydroxyl groups is 1. The van der Waals surface area contributed by atoms with E-state index >= 15 is 0 Å². The van der Waals surface area contributed by atoms with E-state index in [0.717, 1.165) is 5.56 Å². The summed E-state index contributed by atoms with van der Waals surface area (Å²) in [4.78, 5) is 15.8. The minimum Gasteiger partial charge on any atom is -0.395 e. The van der Waals surface area contributed by atoms with Crippen molar-refractivity contribution in [1.29, 1.82) is 0 Å². The van der Waals surface area contributed by atoms with E-state index < -0.39 is 0 Å². The van der Waals surface area contributed by atoms with Crippen molar-refractivity contribution in [2.75, 3.05) is 23.8 Å². The van der Waals surface area contributed by atoms with Crippen LogP contribution in [0.1, 0.15) is 5.56 Å². The quantitative estimate of drug-likeness (QED) is 0.544. The van der Waals surface area contributed by atoms with Gasteiger partial charge in [0.25, 0.3) is 0 Å². The van der Waals surface area contributed by atoms with E-state index in [4.69, 9.17) is 28.3 Å². The Morgan fingerprint density at radius 2 is 2.00 bits per heavy atom. The molecule has 0 aliphatic heterocycles.